The fourth-order valence-corrected chi connectivity index (χ4v) is 3.08. The number of para-hydroxylation sites is 1. The Bertz CT molecular complexity index is 754. The predicted molar refractivity (Wildman–Crippen MR) is 96.8 cm³/mol. The fourth-order valence-electron chi connectivity index (χ4n) is 3.08. The molecule has 130 valence electrons. The van der Waals surface area contributed by atoms with Crippen LogP contribution in [0.2, 0.25) is 0 Å². The molecule has 2 aromatic carbocycles. The summed E-state index contributed by atoms with van der Waals surface area (Å²) >= 11 is 0. The Balaban J connectivity index is 1.57. The molecule has 2 amide bonds. The van der Waals surface area contributed by atoms with Crippen molar-refractivity contribution in [2.45, 2.75) is 26.3 Å². The average Bonchev–Trinajstić information content (AvgIpc) is 2.94. The molecule has 1 heterocycles. The molecule has 25 heavy (non-hydrogen) atoms. The van der Waals surface area contributed by atoms with Crippen molar-refractivity contribution >= 4 is 17.5 Å². The van der Waals surface area contributed by atoms with Gasteiger partial charge in [0.1, 0.15) is 11.8 Å². The van der Waals surface area contributed by atoms with Crippen LogP contribution in [0.4, 0.5) is 5.69 Å². The van der Waals surface area contributed by atoms with Gasteiger partial charge in [0.25, 0.3) is 5.91 Å². The highest BCUT2D eigenvalue weighted by Gasteiger charge is 2.33. The maximum atomic E-state index is 12.6. The summed E-state index contributed by atoms with van der Waals surface area (Å²) in [6.45, 7) is 4.53. The molecule has 0 saturated carbocycles. The lowest BCUT2D eigenvalue weighted by Crippen LogP contribution is -2.43. The second-order valence-corrected chi connectivity index (χ2v) is 6.35. The van der Waals surface area contributed by atoms with Crippen LogP contribution in [0.15, 0.2) is 48.5 Å². The van der Waals surface area contributed by atoms with Gasteiger partial charge in [-0.1, -0.05) is 24.3 Å². The van der Waals surface area contributed by atoms with Gasteiger partial charge in [0.05, 0.1) is 0 Å². The van der Waals surface area contributed by atoms with Gasteiger partial charge in [-0.05, 0) is 55.7 Å². The van der Waals surface area contributed by atoms with Crippen molar-refractivity contribution in [3.8, 4) is 5.75 Å². The maximum Gasteiger partial charge on any atom is 0.258 e. The van der Waals surface area contributed by atoms with E-state index in [4.69, 9.17) is 4.74 Å². The Labute approximate surface area is 147 Å². The number of ether oxygens (including phenoxy) is 1. The van der Waals surface area contributed by atoms with Crippen LogP contribution in [0.25, 0.3) is 0 Å². The molecule has 0 unspecified atom stereocenters. The Morgan fingerprint density at radius 2 is 1.84 bits per heavy atom. The van der Waals surface area contributed by atoms with E-state index in [1.54, 1.807) is 17.0 Å². The normalized spacial score (nSPS) is 16.8. The number of benzene rings is 2. The number of nitrogens with one attached hydrogen (secondary N) is 1. The molecule has 0 spiro atoms. The largest absolute Gasteiger partial charge is 0.484 e. The summed E-state index contributed by atoms with van der Waals surface area (Å²) in [4.78, 5) is 26.4. The molecule has 5 nitrogen and oxygen atoms in total. The number of aryl methyl sites for hydroxylation is 2. The van der Waals surface area contributed by atoms with Crippen LogP contribution in [-0.4, -0.2) is 31.0 Å². The van der Waals surface area contributed by atoms with Gasteiger partial charge in [-0.15, -0.1) is 0 Å². The van der Waals surface area contributed by atoms with Gasteiger partial charge in [-0.3, -0.25) is 9.59 Å². The zero-order valence-corrected chi connectivity index (χ0v) is 14.5. The predicted octanol–water partition coefficient (Wildman–Crippen LogP) is 2.60. The highest BCUT2D eigenvalue weighted by atomic mass is 16.5. The Hall–Kier alpha value is -2.82. The van der Waals surface area contributed by atoms with Crippen molar-refractivity contribution in [1.29, 1.82) is 0 Å². The maximum absolute atomic E-state index is 12.6. The SMILES string of the molecule is Cc1cc(C)cc(N2CC[C@@H](NC(=O)COc3ccccc3)C2=O)c1. The second-order valence-electron chi connectivity index (χ2n) is 6.35. The lowest BCUT2D eigenvalue weighted by molar-refractivity contribution is -0.127. The standard InChI is InChI=1S/C20H22N2O3/c1-14-10-15(2)12-16(11-14)22-9-8-18(20(22)24)21-19(23)13-25-17-6-4-3-5-7-17/h3-7,10-12,18H,8-9,13H2,1-2H3,(H,21,23)/t18-/m1/s1. The van der Waals surface area contributed by atoms with E-state index in [1.165, 1.54) is 0 Å². The number of carbonyl (C=O) groups excluding carboxylic acids is 2. The molecule has 1 aliphatic rings. The molecular weight excluding hydrogens is 316 g/mol. The van der Waals surface area contributed by atoms with E-state index in [0.29, 0.717) is 18.7 Å². The first-order valence-corrected chi connectivity index (χ1v) is 8.40. The molecule has 1 atom stereocenters. The van der Waals surface area contributed by atoms with Crippen molar-refractivity contribution in [3.63, 3.8) is 0 Å². The molecule has 1 aliphatic heterocycles. The molecule has 0 aliphatic carbocycles. The Kier molecular flexibility index (Phi) is 5.03. The van der Waals surface area contributed by atoms with Crippen LogP contribution >= 0.6 is 0 Å². The van der Waals surface area contributed by atoms with Crippen molar-refractivity contribution in [2.75, 3.05) is 18.1 Å². The van der Waals surface area contributed by atoms with Crippen LogP contribution < -0.4 is 15.0 Å². The summed E-state index contributed by atoms with van der Waals surface area (Å²) in [6, 6.07) is 14.7. The van der Waals surface area contributed by atoms with Gasteiger partial charge in [0.15, 0.2) is 6.61 Å². The summed E-state index contributed by atoms with van der Waals surface area (Å²) in [5.74, 6) is 0.273. The van der Waals surface area contributed by atoms with E-state index in [0.717, 1.165) is 16.8 Å². The number of carbonyl (C=O) groups is 2. The third-order valence-electron chi connectivity index (χ3n) is 4.17. The molecule has 1 fully saturated rings. The minimum Gasteiger partial charge on any atom is -0.484 e. The molecule has 2 aromatic rings. The summed E-state index contributed by atoms with van der Waals surface area (Å²) < 4.78 is 5.42. The van der Waals surface area contributed by atoms with Crippen molar-refractivity contribution < 1.29 is 14.3 Å². The monoisotopic (exact) mass is 338 g/mol. The summed E-state index contributed by atoms with van der Waals surface area (Å²) in [7, 11) is 0. The second kappa shape index (κ2) is 7.38. The zero-order chi connectivity index (χ0) is 17.8. The minimum atomic E-state index is -0.493. The van der Waals surface area contributed by atoms with E-state index in [-0.39, 0.29) is 18.4 Å². The van der Waals surface area contributed by atoms with Gasteiger partial charge >= 0.3 is 0 Å². The first-order chi connectivity index (χ1) is 12.0. The molecule has 0 bridgehead atoms. The molecule has 5 heteroatoms. The van der Waals surface area contributed by atoms with E-state index in [9.17, 15) is 9.59 Å². The first-order valence-electron chi connectivity index (χ1n) is 8.40. The minimum absolute atomic E-state index is 0.0712. The van der Waals surface area contributed by atoms with E-state index in [1.807, 2.05) is 44.2 Å². The van der Waals surface area contributed by atoms with Crippen molar-refractivity contribution in [2.24, 2.45) is 0 Å². The molecular formula is C20H22N2O3. The summed E-state index contributed by atoms with van der Waals surface area (Å²) in [5, 5.41) is 2.77. The molecule has 0 aromatic heterocycles. The van der Waals surface area contributed by atoms with Gasteiger partial charge in [0.2, 0.25) is 5.91 Å². The lowest BCUT2D eigenvalue weighted by atomic mass is 10.1. The van der Waals surface area contributed by atoms with Gasteiger partial charge < -0.3 is 15.0 Å². The number of hydrogen-bond acceptors (Lipinski definition) is 3. The number of nitrogens with zero attached hydrogens (tertiary/aromatic N) is 1. The fraction of sp³-hybridized carbons (Fsp3) is 0.300. The highest BCUT2D eigenvalue weighted by Crippen LogP contribution is 2.24. The smallest absolute Gasteiger partial charge is 0.258 e. The van der Waals surface area contributed by atoms with Crippen LogP contribution in [0.3, 0.4) is 0 Å². The quantitative estimate of drug-likeness (QED) is 0.912. The van der Waals surface area contributed by atoms with E-state index >= 15 is 0 Å². The van der Waals surface area contributed by atoms with Crippen LogP contribution in [0.1, 0.15) is 17.5 Å². The van der Waals surface area contributed by atoms with Gasteiger partial charge in [-0.2, -0.15) is 0 Å². The number of anilines is 1. The number of rotatable bonds is 5. The summed E-state index contributed by atoms with van der Waals surface area (Å²) in [5.41, 5.74) is 3.12. The average molecular weight is 338 g/mol. The van der Waals surface area contributed by atoms with Gasteiger partial charge in [-0.25, -0.2) is 0 Å². The summed E-state index contributed by atoms with van der Waals surface area (Å²) in [6.07, 6.45) is 0.600. The van der Waals surface area contributed by atoms with Crippen LogP contribution in [-0.2, 0) is 9.59 Å². The van der Waals surface area contributed by atoms with Crippen LogP contribution in [0, 0.1) is 13.8 Å². The Morgan fingerprint density at radius 1 is 1.16 bits per heavy atom. The van der Waals surface area contributed by atoms with E-state index in [2.05, 4.69) is 11.4 Å². The van der Waals surface area contributed by atoms with Crippen molar-refractivity contribution in [3.05, 3.63) is 59.7 Å². The Morgan fingerprint density at radius 3 is 2.52 bits per heavy atom. The molecule has 1 saturated heterocycles. The topological polar surface area (TPSA) is 58.6 Å². The molecule has 3 rings (SSSR count). The van der Waals surface area contributed by atoms with Crippen LogP contribution in [0.5, 0.6) is 5.75 Å². The first kappa shape index (κ1) is 17.0. The molecule has 0 radical (unpaired) electrons. The van der Waals surface area contributed by atoms with Gasteiger partial charge in [0, 0.05) is 12.2 Å². The molecule has 1 N–H and O–H groups in total. The zero-order valence-electron chi connectivity index (χ0n) is 14.5. The third kappa shape index (κ3) is 4.18. The highest BCUT2D eigenvalue weighted by molar-refractivity contribution is 6.01. The van der Waals surface area contributed by atoms with E-state index < -0.39 is 6.04 Å². The van der Waals surface area contributed by atoms with Crippen molar-refractivity contribution in [1.82, 2.24) is 5.32 Å². The third-order valence-corrected chi connectivity index (χ3v) is 4.17. The number of amides is 2. The lowest BCUT2D eigenvalue weighted by Gasteiger charge is -2.18. The number of hydrogen-bond donors (Lipinski definition) is 1.